The Kier molecular flexibility index (Phi) is 5.19. The Morgan fingerprint density at radius 3 is 2.46 bits per heavy atom. The van der Waals surface area contributed by atoms with E-state index in [1.807, 2.05) is 6.08 Å². The number of allylic oxidation sites excluding steroid dienone is 1. The van der Waals surface area contributed by atoms with Crippen LogP contribution in [0.3, 0.4) is 0 Å². The third-order valence-corrected chi connectivity index (χ3v) is 3.23. The smallest absolute Gasteiger partial charge is 0.0353 e. The van der Waals surface area contributed by atoms with Gasteiger partial charge in [-0.05, 0) is 31.1 Å². The first-order chi connectivity index (χ1) is 6.38. The number of hydrogen-bond donors (Lipinski definition) is 0. The van der Waals surface area contributed by atoms with E-state index in [4.69, 9.17) is 0 Å². The van der Waals surface area contributed by atoms with Crippen molar-refractivity contribution in [3.8, 4) is 0 Å². The van der Waals surface area contributed by atoms with Crippen molar-refractivity contribution in [1.82, 2.24) is 0 Å². The Bertz CT molecular complexity index is 137. The van der Waals surface area contributed by atoms with Crippen LogP contribution in [0.25, 0.3) is 0 Å². The summed E-state index contributed by atoms with van der Waals surface area (Å²) < 4.78 is 0. The molecule has 0 heteroatoms. The molecule has 0 aromatic rings. The van der Waals surface area contributed by atoms with E-state index >= 15 is 0 Å². The van der Waals surface area contributed by atoms with Gasteiger partial charge >= 0.3 is 0 Å². The van der Waals surface area contributed by atoms with Crippen LogP contribution in [0, 0.1) is 11.8 Å². The molecule has 1 saturated carbocycles. The molecule has 1 aliphatic carbocycles. The topological polar surface area (TPSA) is 0 Å². The lowest BCUT2D eigenvalue weighted by Crippen LogP contribution is -1.84. The Hall–Kier alpha value is -0.260. The molecule has 0 spiro atoms. The molecular weight excluding hydrogens is 156 g/mol. The monoisotopic (exact) mass is 180 g/mol. The summed E-state index contributed by atoms with van der Waals surface area (Å²) in [5, 5.41) is 0. The van der Waals surface area contributed by atoms with E-state index in [9.17, 15) is 0 Å². The molecule has 0 saturated heterocycles. The van der Waals surface area contributed by atoms with Gasteiger partial charge in [0.15, 0.2) is 0 Å². The number of hydrogen-bond acceptors (Lipinski definition) is 0. The van der Waals surface area contributed by atoms with Crippen molar-refractivity contribution in [2.24, 2.45) is 11.8 Å². The summed E-state index contributed by atoms with van der Waals surface area (Å²) in [4.78, 5) is 0. The zero-order chi connectivity index (χ0) is 9.52. The van der Waals surface area contributed by atoms with Gasteiger partial charge in [-0.2, -0.15) is 0 Å². The molecule has 13 heavy (non-hydrogen) atoms. The second-order valence-electron chi connectivity index (χ2n) is 4.47. The van der Waals surface area contributed by atoms with E-state index in [1.54, 1.807) is 0 Å². The standard InChI is InChI=1S/C13H24/c1-3-5-7-8-10-13-11-12(13)9-6-4-2/h3,12-13H,1,4-11H2,2H3. The Balaban J connectivity index is 1.86. The van der Waals surface area contributed by atoms with Gasteiger partial charge in [0.05, 0.1) is 0 Å². The molecule has 0 nitrogen and oxygen atoms in total. The van der Waals surface area contributed by atoms with E-state index in [0.717, 1.165) is 11.8 Å². The Morgan fingerprint density at radius 1 is 1.15 bits per heavy atom. The molecule has 0 radical (unpaired) electrons. The molecule has 2 unspecified atom stereocenters. The number of unbranched alkanes of at least 4 members (excludes halogenated alkanes) is 3. The first-order valence-electron chi connectivity index (χ1n) is 5.99. The fourth-order valence-corrected chi connectivity index (χ4v) is 2.18. The van der Waals surface area contributed by atoms with E-state index < -0.39 is 0 Å². The maximum absolute atomic E-state index is 3.75. The van der Waals surface area contributed by atoms with Crippen molar-refractivity contribution in [1.29, 1.82) is 0 Å². The van der Waals surface area contributed by atoms with Crippen molar-refractivity contribution in [3.63, 3.8) is 0 Å². The number of rotatable bonds is 8. The van der Waals surface area contributed by atoms with E-state index in [2.05, 4.69) is 13.5 Å². The quantitative estimate of drug-likeness (QED) is 0.379. The van der Waals surface area contributed by atoms with Gasteiger partial charge in [-0.3, -0.25) is 0 Å². The summed E-state index contributed by atoms with van der Waals surface area (Å²) in [6.07, 6.45) is 13.4. The predicted molar refractivity (Wildman–Crippen MR) is 59.8 cm³/mol. The van der Waals surface area contributed by atoms with Crippen molar-refractivity contribution < 1.29 is 0 Å². The Morgan fingerprint density at radius 2 is 1.85 bits per heavy atom. The van der Waals surface area contributed by atoms with Crippen LogP contribution in [0.2, 0.25) is 0 Å². The minimum absolute atomic E-state index is 1.11. The maximum atomic E-state index is 3.75. The van der Waals surface area contributed by atoms with Crippen LogP contribution in [0.15, 0.2) is 12.7 Å². The molecule has 0 N–H and O–H groups in total. The van der Waals surface area contributed by atoms with Crippen LogP contribution < -0.4 is 0 Å². The lowest BCUT2D eigenvalue weighted by Gasteiger charge is -1.98. The highest BCUT2D eigenvalue weighted by Gasteiger charge is 2.34. The van der Waals surface area contributed by atoms with Gasteiger partial charge in [0.1, 0.15) is 0 Å². The van der Waals surface area contributed by atoms with E-state index in [1.165, 1.54) is 51.4 Å². The van der Waals surface area contributed by atoms with Gasteiger partial charge < -0.3 is 0 Å². The minimum Gasteiger partial charge on any atom is -0.103 e. The van der Waals surface area contributed by atoms with E-state index in [-0.39, 0.29) is 0 Å². The van der Waals surface area contributed by atoms with Gasteiger partial charge in [0.25, 0.3) is 0 Å². The molecule has 1 fully saturated rings. The highest BCUT2D eigenvalue weighted by atomic mass is 14.4. The van der Waals surface area contributed by atoms with Crippen molar-refractivity contribution in [2.45, 2.75) is 58.3 Å². The zero-order valence-corrected chi connectivity index (χ0v) is 9.10. The second-order valence-corrected chi connectivity index (χ2v) is 4.47. The van der Waals surface area contributed by atoms with Crippen LogP contribution in [-0.4, -0.2) is 0 Å². The molecule has 1 rings (SSSR count). The minimum atomic E-state index is 1.11. The normalized spacial score (nSPS) is 25.9. The molecular formula is C13H24. The van der Waals surface area contributed by atoms with Gasteiger partial charge in [-0.25, -0.2) is 0 Å². The Labute approximate surface area is 83.4 Å². The average Bonchev–Trinajstić information content (AvgIpc) is 2.88. The van der Waals surface area contributed by atoms with Crippen LogP contribution in [0.5, 0.6) is 0 Å². The lowest BCUT2D eigenvalue weighted by atomic mass is 10.1. The summed E-state index contributed by atoms with van der Waals surface area (Å²) in [5.41, 5.74) is 0. The fraction of sp³-hybridized carbons (Fsp3) is 0.846. The molecule has 0 amide bonds. The van der Waals surface area contributed by atoms with Crippen LogP contribution in [-0.2, 0) is 0 Å². The van der Waals surface area contributed by atoms with Crippen molar-refractivity contribution in [3.05, 3.63) is 12.7 Å². The molecule has 0 aromatic heterocycles. The molecule has 1 aliphatic rings. The zero-order valence-electron chi connectivity index (χ0n) is 9.10. The molecule has 0 aliphatic heterocycles. The summed E-state index contributed by atoms with van der Waals surface area (Å²) in [5.74, 6) is 2.22. The summed E-state index contributed by atoms with van der Waals surface area (Å²) in [7, 11) is 0. The van der Waals surface area contributed by atoms with Gasteiger partial charge in [-0.1, -0.05) is 45.1 Å². The third-order valence-electron chi connectivity index (χ3n) is 3.23. The van der Waals surface area contributed by atoms with Crippen molar-refractivity contribution in [2.75, 3.05) is 0 Å². The summed E-state index contributed by atoms with van der Waals surface area (Å²) in [6, 6.07) is 0. The fourth-order valence-electron chi connectivity index (χ4n) is 2.18. The lowest BCUT2D eigenvalue weighted by molar-refractivity contribution is 0.553. The molecule has 0 bridgehead atoms. The highest BCUT2D eigenvalue weighted by Crippen LogP contribution is 2.45. The maximum Gasteiger partial charge on any atom is -0.0353 e. The van der Waals surface area contributed by atoms with Crippen molar-refractivity contribution >= 4 is 0 Å². The first-order valence-corrected chi connectivity index (χ1v) is 5.99. The first kappa shape index (κ1) is 10.8. The molecule has 2 atom stereocenters. The summed E-state index contributed by atoms with van der Waals surface area (Å²) in [6.45, 7) is 6.04. The van der Waals surface area contributed by atoms with Gasteiger partial charge in [0, 0.05) is 0 Å². The molecule has 0 aromatic carbocycles. The largest absolute Gasteiger partial charge is 0.103 e. The van der Waals surface area contributed by atoms with Gasteiger partial charge in [-0.15, -0.1) is 6.58 Å². The van der Waals surface area contributed by atoms with Crippen LogP contribution >= 0.6 is 0 Å². The predicted octanol–water partition coefficient (Wildman–Crippen LogP) is 4.56. The average molecular weight is 180 g/mol. The third kappa shape index (κ3) is 4.50. The van der Waals surface area contributed by atoms with Crippen LogP contribution in [0.4, 0.5) is 0 Å². The SMILES string of the molecule is C=CCCCCC1CC1CCCC. The van der Waals surface area contributed by atoms with E-state index in [0.29, 0.717) is 0 Å². The molecule has 0 heterocycles. The second kappa shape index (κ2) is 6.23. The summed E-state index contributed by atoms with van der Waals surface area (Å²) >= 11 is 0. The van der Waals surface area contributed by atoms with Gasteiger partial charge in [0.2, 0.25) is 0 Å². The highest BCUT2D eigenvalue weighted by molar-refractivity contribution is 4.85. The van der Waals surface area contributed by atoms with Crippen LogP contribution in [0.1, 0.15) is 58.3 Å². The molecule has 76 valence electrons.